The lowest BCUT2D eigenvalue weighted by Crippen LogP contribution is -2.20. The summed E-state index contributed by atoms with van der Waals surface area (Å²) in [5.74, 6) is -0.955. The average molecular weight is 400 g/mol. The maximum Gasteiger partial charge on any atom is 0.359 e. The minimum absolute atomic E-state index is 0.0346. The van der Waals surface area contributed by atoms with Crippen LogP contribution in [0.25, 0.3) is 0 Å². The van der Waals surface area contributed by atoms with Crippen LogP contribution in [0.4, 0.5) is 5.82 Å². The summed E-state index contributed by atoms with van der Waals surface area (Å²) >= 11 is 0. The van der Waals surface area contributed by atoms with E-state index in [4.69, 9.17) is 9.47 Å². The second-order valence-corrected chi connectivity index (χ2v) is 6.82. The number of carbonyl (C=O) groups excluding carboxylic acids is 3. The van der Waals surface area contributed by atoms with E-state index in [2.05, 4.69) is 20.1 Å². The zero-order valence-corrected chi connectivity index (χ0v) is 16.8. The molecule has 154 valence electrons. The summed E-state index contributed by atoms with van der Waals surface area (Å²) in [4.78, 5) is 41.7. The minimum Gasteiger partial charge on any atom is -0.462 e. The molecule has 0 aliphatic carbocycles. The van der Waals surface area contributed by atoms with Crippen molar-refractivity contribution in [3.05, 3.63) is 40.3 Å². The number of hydrogen-bond donors (Lipinski definition) is 1. The molecule has 1 aliphatic rings. The van der Waals surface area contributed by atoms with Crippen LogP contribution >= 0.6 is 0 Å². The van der Waals surface area contributed by atoms with E-state index < -0.39 is 24.3 Å². The standard InChI is InChI=1S/C20H24N4O5/c1-4-28-20(27)17-12(2)18(21-13(17)3)15(25)11-29-19(26)14-7-8-16(23-22-14)24-9-5-6-10-24/h7-8,21H,4-6,9-11H2,1-3H3. The summed E-state index contributed by atoms with van der Waals surface area (Å²) in [6.07, 6.45) is 2.23. The Morgan fingerprint density at radius 1 is 1.07 bits per heavy atom. The molecule has 3 rings (SSSR count). The van der Waals surface area contributed by atoms with Crippen LogP contribution in [0, 0.1) is 13.8 Å². The van der Waals surface area contributed by atoms with E-state index in [1.54, 1.807) is 26.8 Å². The van der Waals surface area contributed by atoms with E-state index in [-0.39, 0.29) is 18.0 Å². The number of ketones is 1. The highest BCUT2D eigenvalue weighted by Crippen LogP contribution is 2.20. The van der Waals surface area contributed by atoms with Crippen molar-refractivity contribution in [1.82, 2.24) is 15.2 Å². The fourth-order valence-corrected chi connectivity index (χ4v) is 3.36. The predicted molar refractivity (Wildman–Crippen MR) is 104 cm³/mol. The van der Waals surface area contributed by atoms with Crippen LogP contribution in [0.5, 0.6) is 0 Å². The molecule has 0 radical (unpaired) electrons. The Balaban J connectivity index is 1.62. The van der Waals surface area contributed by atoms with E-state index in [1.165, 1.54) is 6.07 Å². The molecule has 0 atom stereocenters. The maximum absolute atomic E-state index is 12.5. The number of rotatable bonds is 7. The number of Topliss-reactive ketones (excluding diaryl/α,β-unsaturated/α-hetero) is 1. The lowest BCUT2D eigenvalue weighted by atomic mass is 10.1. The molecule has 1 fully saturated rings. The third-order valence-electron chi connectivity index (χ3n) is 4.82. The SMILES string of the molecule is CCOC(=O)c1c(C)[nH]c(C(=O)COC(=O)c2ccc(N3CCCC3)nn2)c1C. The number of nitrogens with zero attached hydrogens (tertiary/aromatic N) is 3. The summed E-state index contributed by atoms with van der Waals surface area (Å²) < 4.78 is 10.1. The number of aryl methyl sites for hydroxylation is 1. The van der Waals surface area contributed by atoms with Gasteiger partial charge in [0.1, 0.15) is 0 Å². The Morgan fingerprint density at radius 2 is 1.79 bits per heavy atom. The van der Waals surface area contributed by atoms with Crippen molar-refractivity contribution in [1.29, 1.82) is 0 Å². The molecule has 0 spiro atoms. The molecule has 29 heavy (non-hydrogen) atoms. The summed E-state index contributed by atoms with van der Waals surface area (Å²) in [7, 11) is 0. The van der Waals surface area contributed by atoms with Crippen molar-refractivity contribution in [2.45, 2.75) is 33.6 Å². The van der Waals surface area contributed by atoms with Crippen molar-refractivity contribution in [3.63, 3.8) is 0 Å². The first kappa shape index (κ1) is 20.5. The topological polar surface area (TPSA) is 114 Å². The molecular weight excluding hydrogens is 376 g/mol. The van der Waals surface area contributed by atoms with Crippen molar-refractivity contribution in [2.24, 2.45) is 0 Å². The normalized spacial score (nSPS) is 13.4. The van der Waals surface area contributed by atoms with Crippen LogP contribution in [0.2, 0.25) is 0 Å². The first-order valence-corrected chi connectivity index (χ1v) is 9.57. The number of aromatic nitrogens is 3. The van der Waals surface area contributed by atoms with Gasteiger partial charge in [0.15, 0.2) is 18.1 Å². The number of ether oxygens (including phenoxy) is 2. The molecule has 9 heteroatoms. The molecule has 0 aromatic carbocycles. The Bertz CT molecular complexity index is 914. The molecule has 0 unspecified atom stereocenters. The first-order valence-electron chi connectivity index (χ1n) is 9.57. The fraction of sp³-hybridized carbons (Fsp3) is 0.450. The number of hydrogen-bond acceptors (Lipinski definition) is 8. The summed E-state index contributed by atoms with van der Waals surface area (Å²) in [5.41, 5.74) is 1.57. The van der Waals surface area contributed by atoms with E-state index >= 15 is 0 Å². The minimum atomic E-state index is -0.731. The lowest BCUT2D eigenvalue weighted by Gasteiger charge is -2.15. The molecule has 0 amide bonds. The van der Waals surface area contributed by atoms with Gasteiger partial charge >= 0.3 is 11.9 Å². The largest absolute Gasteiger partial charge is 0.462 e. The van der Waals surface area contributed by atoms with Gasteiger partial charge in [0, 0.05) is 18.8 Å². The van der Waals surface area contributed by atoms with Crippen molar-refractivity contribution >= 4 is 23.5 Å². The van der Waals surface area contributed by atoms with E-state index in [0.717, 1.165) is 31.7 Å². The van der Waals surface area contributed by atoms with Crippen molar-refractivity contribution in [2.75, 3.05) is 31.2 Å². The smallest absolute Gasteiger partial charge is 0.359 e. The number of H-pyrrole nitrogens is 1. The number of anilines is 1. The summed E-state index contributed by atoms with van der Waals surface area (Å²) in [5, 5.41) is 7.97. The van der Waals surface area contributed by atoms with Gasteiger partial charge in [-0.05, 0) is 51.3 Å². The molecule has 0 bridgehead atoms. The van der Waals surface area contributed by atoms with Crippen molar-refractivity contribution in [3.8, 4) is 0 Å². The van der Waals surface area contributed by atoms with Crippen LogP contribution < -0.4 is 4.90 Å². The zero-order chi connectivity index (χ0) is 21.0. The van der Waals surface area contributed by atoms with Gasteiger partial charge in [-0.3, -0.25) is 4.79 Å². The molecular formula is C20H24N4O5. The quantitative estimate of drug-likeness (QED) is 0.556. The molecule has 9 nitrogen and oxygen atoms in total. The fourth-order valence-electron chi connectivity index (χ4n) is 3.36. The summed E-state index contributed by atoms with van der Waals surface area (Å²) in [6.45, 7) is 6.65. The Kier molecular flexibility index (Phi) is 6.26. The van der Waals surface area contributed by atoms with Crippen LogP contribution in [0.3, 0.4) is 0 Å². The highest BCUT2D eigenvalue weighted by Gasteiger charge is 2.24. The second kappa shape index (κ2) is 8.85. The van der Waals surface area contributed by atoms with Crippen LogP contribution in [-0.2, 0) is 9.47 Å². The third kappa shape index (κ3) is 4.44. The van der Waals surface area contributed by atoms with E-state index in [0.29, 0.717) is 16.8 Å². The second-order valence-electron chi connectivity index (χ2n) is 6.82. The number of esters is 2. The van der Waals surface area contributed by atoms with Gasteiger partial charge in [0.2, 0.25) is 5.78 Å². The molecule has 2 aromatic heterocycles. The molecule has 0 saturated carbocycles. The lowest BCUT2D eigenvalue weighted by molar-refractivity contribution is 0.0465. The summed E-state index contributed by atoms with van der Waals surface area (Å²) in [6, 6.07) is 3.26. The highest BCUT2D eigenvalue weighted by atomic mass is 16.5. The molecule has 1 saturated heterocycles. The molecule has 1 N–H and O–H groups in total. The Morgan fingerprint density at radius 3 is 2.41 bits per heavy atom. The van der Waals surface area contributed by atoms with Gasteiger partial charge in [-0.2, -0.15) is 0 Å². The van der Waals surface area contributed by atoms with Gasteiger partial charge in [-0.15, -0.1) is 10.2 Å². The zero-order valence-electron chi connectivity index (χ0n) is 16.8. The van der Waals surface area contributed by atoms with Gasteiger partial charge in [0.25, 0.3) is 0 Å². The van der Waals surface area contributed by atoms with E-state index in [1.807, 2.05) is 0 Å². The average Bonchev–Trinajstić information content (AvgIpc) is 3.34. The Labute approximate surface area is 168 Å². The number of nitrogens with one attached hydrogen (secondary N) is 1. The molecule has 3 heterocycles. The predicted octanol–water partition coefficient (Wildman–Crippen LogP) is 2.24. The molecule has 2 aromatic rings. The Hall–Kier alpha value is -3.23. The van der Waals surface area contributed by atoms with Crippen LogP contribution in [0.15, 0.2) is 12.1 Å². The maximum atomic E-state index is 12.5. The first-order chi connectivity index (χ1) is 13.9. The van der Waals surface area contributed by atoms with Crippen LogP contribution in [-0.4, -0.2) is 59.2 Å². The van der Waals surface area contributed by atoms with E-state index in [9.17, 15) is 14.4 Å². The number of carbonyl (C=O) groups is 3. The van der Waals surface area contributed by atoms with Gasteiger partial charge in [-0.1, -0.05) is 0 Å². The third-order valence-corrected chi connectivity index (χ3v) is 4.82. The molecule has 1 aliphatic heterocycles. The van der Waals surface area contributed by atoms with Crippen LogP contribution in [0.1, 0.15) is 62.4 Å². The van der Waals surface area contributed by atoms with Gasteiger partial charge in [0.05, 0.1) is 17.9 Å². The van der Waals surface area contributed by atoms with Gasteiger partial charge < -0.3 is 19.4 Å². The van der Waals surface area contributed by atoms with Gasteiger partial charge in [-0.25, -0.2) is 9.59 Å². The highest BCUT2D eigenvalue weighted by molar-refractivity contribution is 6.03. The number of aromatic amines is 1. The monoisotopic (exact) mass is 400 g/mol. The van der Waals surface area contributed by atoms with Crippen molar-refractivity contribution < 1.29 is 23.9 Å².